The second-order valence-electron chi connectivity index (χ2n) is 9.80. The van der Waals surface area contributed by atoms with Gasteiger partial charge in [0.1, 0.15) is 0 Å². The standard InChI is InChI=1S/3C8H17.C3H9Si.Sn/c3*1-3-5-7-8-6-4-2;1-4(2)3;/h3*1,3-8H2,2H3;1-3H3;. The Morgan fingerprint density at radius 2 is 0.586 bits per heavy atom. The van der Waals surface area contributed by atoms with Crippen molar-refractivity contribution in [2.75, 3.05) is 0 Å². The van der Waals surface area contributed by atoms with Crippen LogP contribution >= 0.6 is 0 Å². The van der Waals surface area contributed by atoms with Gasteiger partial charge in [-0.2, -0.15) is 0 Å². The second-order valence-corrected chi connectivity index (χ2v) is 21.4. The third kappa shape index (κ3) is 33.8. The third-order valence-electron chi connectivity index (χ3n) is 5.65. The summed E-state index contributed by atoms with van der Waals surface area (Å²) in [6.07, 6.45) is 26.9. The van der Waals surface area contributed by atoms with E-state index in [2.05, 4.69) is 40.4 Å². The van der Waals surface area contributed by atoms with Gasteiger partial charge in [-0.25, -0.2) is 0 Å². The summed E-state index contributed by atoms with van der Waals surface area (Å²) in [5, 5.41) is 0. The molecule has 29 heavy (non-hydrogen) atoms. The summed E-state index contributed by atoms with van der Waals surface area (Å²) >= 11 is -1.02. The van der Waals surface area contributed by atoms with Gasteiger partial charge in [-0.1, -0.05) is 19.6 Å². The van der Waals surface area contributed by atoms with E-state index in [-0.39, 0.29) is 8.80 Å². The van der Waals surface area contributed by atoms with E-state index in [0.29, 0.717) is 0 Å². The van der Waals surface area contributed by atoms with Crippen molar-refractivity contribution < 1.29 is 0 Å². The molecule has 2 heteroatoms. The minimum atomic E-state index is -1.02. The van der Waals surface area contributed by atoms with Crippen LogP contribution < -0.4 is 0 Å². The molecule has 176 valence electrons. The zero-order valence-corrected chi connectivity index (χ0v) is 25.7. The largest absolute Gasteiger partial charge is 0.0715 e. The Morgan fingerprint density at radius 3 is 0.828 bits per heavy atom. The van der Waals surface area contributed by atoms with Gasteiger partial charge in [0.05, 0.1) is 0 Å². The average molecular weight is 532 g/mol. The van der Waals surface area contributed by atoms with Gasteiger partial charge < -0.3 is 0 Å². The molecule has 0 atom stereocenters. The summed E-state index contributed by atoms with van der Waals surface area (Å²) in [7, 11) is 0.120. The second kappa shape index (κ2) is 29.0. The molecular formula is C27H60SiSn. The van der Waals surface area contributed by atoms with Crippen molar-refractivity contribution in [3.8, 4) is 0 Å². The summed E-state index contributed by atoms with van der Waals surface area (Å²) in [5.41, 5.74) is 0. The van der Waals surface area contributed by atoms with E-state index >= 15 is 0 Å². The molecule has 0 amide bonds. The predicted molar refractivity (Wildman–Crippen MR) is 144 cm³/mol. The van der Waals surface area contributed by atoms with E-state index < -0.39 is 19.8 Å². The molecule has 0 aromatic heterocycles. The molecule has 0 bridgehead atoms. The topological polar surface area (TPSA) is 0 Å². The van der Waals surface area contributed by atoms with Gasteiger partial charge in [0, 0.05) is 8.80 Å². The van der Waals surface area contributed by atoms with Gasteiger partial charge >= 0.3 is 169 Å². The molecule has 0 nitrogen and oxygen atoms in total. The van der Waals surface area contributed by atoms with E-state index in [0.717, 1.165) is 0 Å². The van der Waals surface area contributed by atoms with Crippen molar-refractivity contribution in [2.24, 2.45) is 0 Å². The Hall–Kier alpha value is 1.02. The van der Waals surface area contributed by atoms with E-state index in [1.165, 1.54) is 96.3 Å². The van der Waals surface area contributed by atoms with Gasteiger partial charge in [-0.3, -0.25) is 0 Å². The Bertz CT molecular complexity index is 226. The number of unbranched alkanes of at least 4 members (excludes halogenated alkanes) is 15. The molecule has 0 N–H and O–H groups in total. The van der Waals surface area contributed by atoms with E-state index in [1.54, 1.807) is 32.6 Å². The smallest absolute Gasteiger partial charge is 0.0379 e. The average Bonchev–Trinajstić information content (AvgIpc) is 2.68. The maximum atomic E-state index is 2.33. The van der Waals surface area contributed by atoms with Crippen LogP contribution in [0.5, 0.6) is 0 Å². The Balaban J connectivity index is 0. The molecular weight excluding hydrogens is 471 g/mol. The predicted octanol–water partition coefficient (Wildman–Crippen LogP) is 10.9. The SMILES string of the molecule is CCCCCCC[CH2][Sn]([CH2]CCCCCCC)[CH2]CCCCCCC.C[Si](C)C. The molecule has 0 fully saturated rings. The maximum absolute atomic E-state index is 2.33. The van der Waals surface area contributed by atoms with Crippen LogP contribution in [0.2, 0.25) is 33.0 Å². The van der Waals surface area contributed by atoms with Crippen molar-refractivity contribution in [3.05, 3.63) is 0 Å². The van der Waals surface area contributed by atoms with Crippen LogP contribution in [0.3, 0.4) is 0 Å². The molecule has 0 saturated carbocycles. The van der Waals surface area contributed by atoms with Gasteiger partial charge in [0.2, 0.25) is 0 Å². The molecule has 0 saturated heterocycles. The number of hydrogen-bond acceptors (Lipinski definition) is 0. The van der Waals surface area contributed by atoms with Crippen LogP contribution in [0.1, 0.15) is 136 Å². The van der Waals surface area contributed by atoms with Gasteiger partial charge in [-0.05, 0) is 0 Å². The molecule has 2 radical (unpaired) electrons. The molecule has 0 aromatic carbocycles. The normalized spacial score (nSPS) is 11.2. The molecule has 0 aliphatic carbocycles. The van der Waals surface area contributed by atoms with Crippen LogP contribution in [0, 0.1) is 0 Å². The van der Waals surface area contributed by atoms with Crippen molar-refractivity contribution >= 4 is 28.6 Å². The van der Waals surface area contributed by atoms with Crippen molar-refractivity contribution in [1.29, 1.82) is 0 Å². The van der Waals surface area contributed by atoms with Crippen LogP contribution in [-0.2, 0) is 0 Å². The number of hydrogen-bond donors (Lipinski definition) is 0. The van der Waals surface area contributed by atoms with E-state index in [1.807, 2.05) is 0 Å². The van der Waals surface area contributed by atoms with Gasteiger partial charge in [0.25, 0.3) is 0 Å². The van der Waals surface area contributed by atoms with Crippen LogP contribution in [0.15, 0.2) is 0 Å². The van der Waals surface area contributed by atoms with E-state index in [9.17, 15) is 0 Å². The molecule has 0 aliphatic heterocycles. The molecule has 0 rings (SSSR count). The summed E-state index contributed by atoms with van der Waals surface area (Å²) < 4.78 is 5.16. The maximum Gasteiger partial charge on any atom is 0.0379 e. The van der Waals surface area contributed by atoms with Crippen molar-refractivity contribution in [2.45, 2.75) is 169 Å². The first kappa shape index (κ1) is 32.2. The fraction of sp³-hybridized carbons (Fsp3) is 1.00. The van der Waals surface area contributed by atoms with Gasteiger partial charge in [-0.15, -0.1) is 0 Å². The summed E-state index contributed by atoms with van der Waals surface area (Å²) in [6, 6.07) is 0. The quantitative estimate of drug-likeness (QED) is 0.102. The zero-order chi connectivity index (χ0) is 22.0. The van der Waals surface area contributed by atoms with E-state index in [4.69, 9.17) is 0 Å². The van der Waals surface area contributed by atoms with Crippen LogP contribution in [0.4, 0.5) is 0 Å². The molecule has 0 unspecified atom stereocenters. The van der Waals surface area contributed by atoms with Crippen LogP contribution in [0.25, 0.3) is 0 Å². The third-order valence-corrected chi connectivity index (χ3v) is 14.7. The fourth-order valence-corrected chi connectivity index (χ4v) is 12.4. The molecule has 0 heterocycles. The minimum absolute atomic E-state index is 0.120. The minimum Gasteiger partial charge on any atom is -0.0715 e. The zero-order valence-electron chi connectivity index (χ0n) is 21.8. The molecule has 0 aliphatic rings. The molecule has 0 spiro atoms. The summed E-state index contributed by atoms with van der Waals surface area (Å²) in [4.78, 5) is 0. The Kier molecular flexibility index (Phi) is 32.2. The monoisotopic (exact) mass is 532 g/mol. The van der Waals surface area contributed by atoms with Crippen molar-refractivity contribution in [3.63, 3.8) is 0 Å². The first-order valence-corrected chi connectivity index (χ1v) is 22.7. The Morgan fingerprint density at radius 1 is 0.379 bits per heavy atom. The first-order valence-electron chi connectivity index (χ1n) is 13.7. The first-order chi connectivity index (χ1) is 14.1. The summed E-state index contributed by atoms with van der Waals surface area (Å²) in [6.45, 7) is 13.8. The fourth-order valence-electron chi connectivity index (χ4n) is 3.84. The molecule has 0 aromatic rings. The van der Waals surface area contributed by atoms with Crippen LogP contribution in [-0.4, -0.2) is 28.6 Å². The number of rotatable bonds is 21. The Labute approximate surface area is 197 Å². The van der Waals surface area contributed by atoms with Gasteiger partial charge in [0.15, 0.2) is 0 Å². The van der Waals surface area contributed by atoms with Crippen molar-refractivity contribution in [1.82, 2.24) is 0 Å². The summed E-state index contributed by atoms with van der Waals surface area (Å²) in [5.74, 6) is 0.